The number of fused-ring (bicyclic) bond motifs is 1. The number of para-hydroxylation sites is 1. The molecule has 3 aromatic rings. The van der Waals surface area contributed by atoms with Gasteiger partial charge in [-0.3, -0.25) is 0 Å². The number of aromatic nitrogens is 4. The first-order chi connectivity index (χ1) is 11.8. The molecule has 0 unspecified atom stereocenters. The smallest absolute Gasteiger partial charge is 0.140 e. The van der Waals surface area contributed by atoms with Crippen LogP contribution in [0.4, 0.5) is 5.82 Å². The highest BCUT2D eigenvalue weighted by atomic mass is 16.5. The van der Waals surface area contributed by atoms with Crippen molar-refractivity contribution in [3.8, 4) is 0 Å². The number of nitrogens with zero attached hydrogens (tertiary/aromatic N) is 4. The molecule has 3 heterocycles. The Hall–Kier alpha value is -2.47. The van der Waals surface area contributed by atoms with Crippen molar-refractivity contribution >= 4 is 16.7 Å². The number of rotatable bonds is 4. The molecule has 1 saturated heterocycles. The second-order valence-electron chi connectivity index (χ2n) is 6.10. The molecule has 4 rings (SSSR count). The first kappa shape index (κ1) is 15.1. The summed E-state index contributed by atoms with van der Waals surface area (Å²) < 4.78 is 8.10. The Morgan fingerprint density at radius 1 is 1.29 bits per heavy atom. The van der Waals surface area contributed by atoms with Crippen LogP contribution >= 0.6 is 0 Å². The highest BCUT2D eigenvalue weighted by Gasteiger charge is 2.33. The lowest BCUT2D eigenvalue weighted by Crippen LogP contribution is -2.26. The van der Waals surface area contributed by atoms with Crippen molar-refractivity contribution in [2.24, 2.45) is 0 Å². The first-order valence-corrected chi connectivity index (χ1v) is 8.37. The van der Waals surface area contributed by atoms with Crippen LogP contribution in [0.5, 0.6) is 0 Å². The van der Waals surface area contributed by atoms with Crippen LogP contribution in [-0.4, -0.2) is 32.2 Å². The highest BCUT2D eigenvalue weighted by Crippen LogP contribution is 2.32. The van der Waals surface area contributed by atoms with Gasteiger partial charge >= 0.3 is 0 Å². The molecule has 124 valence electrons. The van der Waals surface area contributed by atoms with Gasteiger partial charge in [-0.05, 0) is 31.9 Å². The van der Waals surface area contributed by atoms with E-state index in [2.05, 4.69) is 50.8 Å². The molecule has 2 aromatic heterocycles. The minimum absolute atomic E-state index is 0.0604. The predicted octanol–water partition coefficient (Wildman–Crippen LogP) is 3.10. The quantitative estimate of drug-likeness (QED) is 0.799. The predicted molar refractivity (Wildman–Crippen MR) is 92.9 cm³/mol. The fourth-order valence-corrected chi connectivity index (χ4v) is 3.36. The SMILES string of the molecule is CCn1ccnc1[C@H]1OCC[C@@H]1Nc1ncnc2c(C)cccc12. The minimum Gasteiger partial charge on any atom is -0.368 e. The number of hydrogen-bond acceptors (Lipinski definition) is 5. The lowest BCUT2D eigenvalue weighted by atomic mass is 10.1. The third-order valence-corrected chi connectivity index (χ3v) is 4.62. The zero-order valence-electron chi connectivity index (χ0n) is 13.9. The minimum atomic E-state index is -0.0604. The number of imidazole rings is 1. The molecule has 0 aliphatic carbocycles. The van der Waals surface area contributed by atoms with Crippen molar-refractivity contribution in [3.63, 3.8) is 0 Å². The molecule has 6 nitrogen and oxygen atoms in total. The van der Waals surface area contributed by atoms with Crippen LogP contribution in [0.1, 0.15) is 30.8 Å². The van der Waals surface area contributed by atoms with E-state index >= 15 is 0 Å². The second-order valence-corrected chi connectivity index (χ2v) is 6.10. The van der Waals surface area contributed by atoms with Crippen LogP contribution < -0.4 is 5.32 Å². The number of nitrogens with one attached hydrogen (secondary N) is 1. The Kier molecular flexibility index (Phi) is 3.90. The molecule has 0 spiro atoms. The first-order valence-electron chi connectivity index (χ1n) is 8.37. The van der Waals surface area contributed by atoms with E-state index in [0.717, 1.165) is 47.7 Å². The molecule has 0 amide bonds. The van der Waals surface area contributed by atoms with Crippen molar-refractivity contribution < 1.29 is 4.74 Å². The fourth-order valence-electron chi connectivity index (χ4n) is 3.36. The van der Waals surface area contributed by atoms with Crippen LogP contribution in [-0.2, 0) is 11.3 Å². The summed E-state index contributed by atoms with van der Waals surface area (Å²) >= 11 is 0. The second kappa shape index (κ2) is 6.20. The number of aryl methyl sites for hydroxylation is 2. The summed E-state index contributed by atoms with van der Waals surface area (Å²) in [6, 6.07) is 6.32. The summed E-state index contributed by atoms with van der Waals surface area (Å²) in [5.74, 6) is 1.83. The molecule has 1 N–H and O–H groups in total. The van der Waals surface area contributed by atoms with E-state index < -0.39 is 0 Å². The third kappa shape index (κ3) is 2.53. The zero-order valence-corrected chi connectivity index (χ0v) is 13.9. The Bertz CT molecular complexity index is 859. The Morgan fingerprint density at radius 2 is 2.21 bits per heavy atom. The van der Waals surface area contributed by atoms with Crippen molar-refractivity contribution in [2.45, 2.75) is 39.0 Å². The van der Waals surface area contributed by atoms with Gasteiger partial charge in [-0.2, -0.15) is 0 Å². The maximum Gasteiger partial charge on any atom is 0.140 e. The topological polar surface area (TPSA) is 64.9 Å². The monoisotopic (exact) mass is 323 g/mol. The molecule has 0 radical (unpaired) electrons. The number of hydrogen-bond donors (Lipinski definition) is 1. The van der Waals surface area contributed by atoms with Crippen LogP contribution in [0.25, 0.3) is 10.9 Å². The molecule has 1 aliphatic heterocycles. The molecular weight excluding hydrogens is 302 g/mol. The van der Waals surface area contributed by atoms with Crippen molar-refractivity contribution in [2.75, 3.05) is 11.9 Å². The van der Waals surface area contributed by atoms with E-state index in [9.17, 15) is 0 Å². The maximum atomic E-state index is 5.97. The van der Waals surface area contributed by atoms with Gasteiger partial charge in [-0.15, -0.1) is 0 Å². The van der Waals surface area contributed by atoms with Crippen LogP contribution in [0.15, 0.2) is 36.9 Å². The molecule has 1 aromatic carbocycles. The zero-order chi connectivity index (χ0) is 16.5. The van der Waals surface area contributed by atoms with Crippen LogP contribution in [0, 0.1) is 6.92 Å². The maximum absolute atomic E-state index is 5.97. The molecule has 1 fully saturated rings. The van der Waals surface area contributed by atoms with Gasteiger partial charge in [-0.1, -0.05) is 12.1 Å². The average molecular weight is 323 g/mol. The lowest BCUT2D eigenvalue weighted by molar-refractivity contribution is 0.0976. The molecule has 6 heteroatoms. The molecule has 0 bridgehead atoms. The standard InChI is InChI=1S/C18H21N5O/c1-3-23-9-8-19-18(23)16-14(7-10-24-16)22-17-13-6-4-5-12(2)15(13)20-11-21-17/h4-6,8-9,11,14,16H,3,7,10H2,1-2H3,(H,20,21,22)/t14-,16-/m0/s1. The largest absolute Gasteiger partial charge is 0.368 e. The number of anilines is 1. The number of benzene rings is 1. The van der Waals surface area contributed by atoms with Gasteiger partial charge in [0.05, 0.1) is 11.6 Å². The normalized spacial score (nSPS) is 20.6. The Labute approximate surface area is 140 Å². The number of ether oxygens (including phenoxy) is 1. The molecule has 24 heavy (non-hydrogen) atoms. The molecule has 0 saturated carbocycles. The summed E-state index contributed by atoms with van der Waals surface area (Å²) in [5, 5.41) is 4.61. The van der Waals surface area contributed by atoms with Crippen LogP contribution in [0.3, 0.4) is 0 Å². The van der Waals surface area contributed by atoms with E-state index in [1.54, 1.807) is 6.33 Å². The van der Waals surface area contributed by atoms with Crippen molar-refractivity contribution in [1.82, 2.24) is 19.5 Å². The van der Waals surface area contributed by atoms with Gasteiger partial charge in [-0.25, -0.2) is 15.0 Å². The average Bonchev–Trinajstić information content (AvgIpc) is 3.24. The summed E-state index contributed by atoms with van der Waals surface area (Å²) in [6.45, 7) is 5.79. The lowest BCUT2D eigenvalue weighted by Gasteiger charge is -2.21. The fraction of sp³-hybridized carbons (Fsp3) is 0.389. The van der Waals surface area contributed by atoms with E-state index in [1.165, 1.54) is 0 Å². The van der Waals surface area contributed by atoms with Crippen LogP contribution in [0.2, 0.25) is 0 Å². The summed E-state index contributed by atoms with van der Waals surface area (Å²) in [4.78, 5) is 13.4. The van der Waals surface area contributed by atoms with Gasteiger partial charge in [0, 0.05) is 30.9 Å². The van der Waals surface area contributed by atoms with Gasteiger partial charge in [0.25, 0.3) is 0 Å². The Morgan fingerprint density at radius 3 is 3.08 bits per heavy atom. The molecular formula is C18H21N5O. The molecule has 1 aliphatic rings. The summed E-state index contributed by atoms with van der Waals surface area (Å²) in [5.41, 5.74) is 2.14. The van der Waals surface area contributed by atoms with Gasteiger partial charge in [0.15, 0.2) is 0 Å². The summed E-state index contributed by atoms with van der Waals surface area (Å²) in [7, 11) is 0. The van der Waals surface area contributed by atoms with Crippen molar-refractivity contribution in [3.05, 3.63) is 48.3 Å². The Balaban J connectivity index is 1.67. The van der Waals surface area contributed by atoms with Gasteiger partial charge in [0.2, 0.25) is 0 Å². The van der Waals surface area contributed by atoms with E-state index in [4.69, 9.17) is 4.74 Å². The van der Waals surface area contributed by atoms with Gasteiger partial charge < -0.3 is 14.6 Å². The van der Waals surface area contributed by atoms with Crippen molar-refractivity contribution in [1.29, 1.82) is 0 Å². The van der Waals surface area contributed by atoms with E-state index in [-0.39, 0.29) is 12.1 Å². The third-order valence-electron chi connectivity index (χ3n) is 4.62. The van der Waals surface area contributed by atoms with E-state index in [0.29, 0.717) is 0 Å². The summed E-state index contributed by atoms with van der Waals surface area (Å²) in [6.07, 6.45) is 6.32. The van der Waals surface area contributed by atoms with E-state index in [1.807, 2.05) is 18.5 Å². The van der Waals surface area contributed by atoms with Gasteiger partial charge in [0.1, 0.15) is 24.1 Å². The highest BCUT2D eigenvalue weighted by molar-refractivity contribution is 5.90. The molecule has 2 atom stereocenters.